The fourth-order valence-electron chi connectivity index (χ4n) is 1.61. The summed E-state index contributed by atoms with van der Waals surface area (Å²) < 4.78 is 0. The van der Waals surface area contributed by atoms with Crippen LogP contribution in [0.1, 0.15) is 23.0 Å². The number of hydrogen-bond donors (Lipinski definition) is 2. The Kier molecular flexibility index (Phi) is 4.84. The minimum absolute atomic E-state index is 0.127. The van der Waals surface area contributed by atoms with Crippen LogP contribution in [0.25, 0.3) is 0 Å². The van der Waals surface area contributed by atoms with E-state index in [1.165, 1.54) is 19.3 Å². The van der Waals surface area contributed by atoms with Crippen molar-refractivity contribution in [3.05, 3.63) is 53.1 Å². The van der Waals surface area contributed by atoms with Crippen LogP contribution in [-0.4, -0.2) is 21.8 Å². The first-order chi connectivity index (χ1) is 10.0. The van der Waals surface area contributed by atoms with Crippen LogP contribution in [-0.2, 0) is 11.3 Å². The molecule has 0 atom stereocenters. The lowest BCUT2D eigenvalue weighted by Gasteiger charge is -2.06. The molecular formula is C14H13ClN4O2. The molecule has 0 saturated heterocycles. The molecule has 2 amide bonds. The molecule has 0 unspecified atom stereocenters. The molecule has 21 heavy (non-hydrogen) atoms. The molecule has 2 aromatic rings. The summed E-state index contributed by atoms with van der Waals surface area (Å²) in [5.74, 6) is -0.456. The first-order valence-electron chi connectivity index (χ1n) is 6.17. The van der Waals surface area contributed by atoms with E-state index in [4.69, 9.17) is 11.6 Å². The van der Waals surface area contributed by atoms with Crippen molar-refractivity contribution in [2.45, 2.75) is 13.5 Å². The molecule has 0 aliphatic heterocycles. The third-order valence-electron chi connectivity index (χ3n) is 2.58. The molecule has 0 bridgehead atoms. The number of nitrogens with one attached hydrogen (secondary N) is 2. The molecule has 0 aliphatic carbocycles. The van der Waals surface area contributed by atoms with Gasteiger partial charge in [0.25, 0.3) is 5.91 Å². The first kappa shape index (κ1) is 14.9. The highest BCUT2D eigenvalue weighted by molar-refractivity contribution is 6.29. The average Bonchev–Trinajstić information content (AvgIpc) is 2.46. The molecule has 2 rings (SSSR count). The van der Waals surface area contributed by atoms with Crippen molar-refractivity contribution in [1.82, 2.24) is 15.3 Å². The van der Waals surface area contributed by atoms with Crippen molar-refractivity contribution >= 4 is 29.1 Å². The molecule has 0 aliphatic rings. The van der Waals surface area contributed by atoms with Crippen LogP contribution < -0.4 is 10.6 Å². The van der Waals surface area contributed by atoms with Crippen molar-refractivity contribution in [3.8, 4) is 0 Å². The number of hydrogen-bond acceptors (Lipinski definition) is 4. The van der Waals surface area contributed by atoms with Crippen LogP contribution in [0, 0.1) is 0 Å². The predicted octanol–water partition coefficient (Wildman–Crippen LogP) is 2.02. The van der Waals surface area contributed by atoms with E-state index in [9.17, 15) is 9.59 Å². The van der Waals surface area contributed by atoms with Gasteiger partial charge in [-0.25, -0.2) is 9.97 Å². The van der Waals surface area contributed by atoms with E-state index in [0.717, 1.165) is 5.56 Å². The summed E-state index contributed by atoms with van der Waals surface area (Å²) in [6.07, 6.45) is 2.64. The number of anilines is 1. The average molecular weight is 305 g/mol. The Labute approximate surface area is 126 Å². The van der Waals surface area contributed by atoms with Gasteiger partial charge < -0.3 is 10.6 Å². The van der Waals surface area contributed by atoms with E-state index in [1.807, 2.05) is 12.1 Å². The summed E-state index contributed by atoms with van der Waals surface area (Å²) in [7, 11) is 0. The van der Waals surface area contributed by atoms with Crippen molar-refractivity contribution < 1.29 is 9.59 Å². The van der Waals surface area contributed by atoms with Crippen LogP contribution in [0.2, 0.25) is 5.15 Å². The highest BCUT2D eigenvalue weighted by Crippen LogP contribution is 2.09. The highest BCUT2D eigenvalue weighted by Gasteiger charge is 2.07. The molecule has 1 aromatic heterocycles. The summed E-state index contributed by atoms with van der Waals surface area (Å²) in [6.45, 7) is 1.80. The summed E-state index contributed by atoms with van der Waals surface area (Å²) in [5.41, 5.74) is 1.81. The van der Waals surface area contributed by atoms with Gasteiger partial charge in [0.15, 0.2) is 0 Å². The van der Waals surface area contributed by atoms with Gasteiger partial charge in [0, 0.05) is 19.2 Å². The topological polar surface area (TPSA) is 84.0 Å². The zero-order valence-corrected chi connectivity index (χ0v) is 12.0. The van der Waals surface area contributed by atoms with Crippen molar-refractivity contribution in [3.63, 3.8) is 0 Å². The van der Waals surface area contributed by atoms with Crippen LogP contribution in [0.3, 0.4) is 0 Å². The SMILES string of the molecule is CC(=O)Nc1ccc(CNC(=O)c2cnc(Cl)cn2)cc1. The first-order valence-corrected chi connectivity index (χ1v) is 6.54. The lowest BCUT2D eigenvalue weighted by molar-refractivity contribution is -0.114. The van der Waals surface area contributed by atoms with Crippen LogP contribution in [0.5, 0.6) is 0 Å². The van der Waals surface area contributed by atoms with E-state index in [0.29, 0.717) is 12.2 Å². The molecule has 108 valence electrons. The predicted molar refractivity (Wildman–Crippen MR) is 79.0 cm³/mol. The van der Waals surface area contributed by atoms with Gasteiger partial charge in [0.2, 0.25) is 5.91 Å². The molecule has 0 fully saturated rings. The maximum atomic E-state index is 11.8. The second kappa shape index (κ2) is 6.81. The molecule has 2 N–H and O–H groups in total. The van der Waals surface area contributed by atoms with E-state index in [1.54, 1.807) is 12.1 Å². The van der Waals surface area contributed by atoms with Gasteiger partial charge in [-0.05, 0) is 17.7 Å². The Balaban J connectivity index is 1.92. The van der Waals surface area contributed by atoms with Gasteiger partial charge in [0.1, 0.15) is 10.8 Å². The van der Waals surface area contributed by atoms with Gasteiger partial charge in [-0.3, -0.25) is 9.59 Å². The molecule has 0 saturated carbocycles. The lowest BCUT2D eigenvalue weighted by Crippen LogP contribution is -2.23. The number of amides is 2. The molecule has 7 heteroatoms. The number of nitrogens with zero attached hydrogens (tertiary/aromatic N) is 2. The van der Waals surface area contributed by atoms with E-state index < -0.39 is 0 Å². The van der Waals surface area contributed by atoms with Crippen molar-refractivity contribution in [2.24, 2.45) is 0 Å². The Morgan fingerprint density at radius 1 is 1.14 bits per heavy atom. The number of carbonyl (C=O) groups excluding carboxylic acids is 2. The molecule has 0 radical (unpaired) electrons. The third-order valence-corrected chi connectivity index (χ3v) is 2.78. The Bertz CT molecular complexity index is 641. The normalized spacial score (nSPS) is 10.0. The van der Waals surface area contributed by atoms with E-state index in [2.05, 4.69) is 20.6 Å². The number of carbonyl (C=O) groups is 2. The zero-order valence-electron chi connectivity index (χ0n) is 11.3. The molecular weight excluding hydrogens is 292 g/mol. The van der Waals surface area contributed by atoms with Gasteiger partial charge in [-0.1, -0.05) is 23.7 Å². The van der Waals surface area contributed by atoms with Crippen LogP contribution in [0.4, 0.5) is 5.69 Å². The minimum atomic E-state index is -0.329. The second-order valence-electron chi connectivity index (χ2n) is 4.29. The number of aromatic nitrogens is 2. The van der Waals surface area contributed by atoms with Gasteiger partial charge >= 0.3 is 0 Å². The standard InChI is InChI=1S/C14H13ClN4O2/c1-9(20)19-11-4-2-10(3-5-11)6-18-14(21)12-7-17-13(15)8-16-12/h2-5,7-8H,6H2,1H3,(H,18,21)(H,19,20). The monoisotopic (exact) mass is 304 g/mol. The lowest BCUT2D eigenvalue weighted by atomic mass is 10.2. The number of benzene rings is 1. The summed E-state index contributed by atoms with van der Waals surface area (Å²) in [4.78, 5) is 30.4. The molecule has 1 heterocycles. The van der Waals surface area contributed by atoms with E-state index >= 15 is 0 Å². The Morgan fingerprint density at radius 2 is 1.86 bits per heavy atom. The zero-order chi connectivity index (χ0) is 15.2. The summed E-state index contributed by atoms with van der Waals surface area (Å²) >= 11 is 5.60. The molecule has 6 nitrogen and oxygen atoms in total. The van der Waals surface area contributed by atoms with Crippen molar-refractivity contribution in [2.75, 3.05) is 5.32 Å². The molecule has 1 aromatic carbocycles. The van der Waals surface area contributed by atoms with E-state index in [-0.39, 0.29) is 22.7 Å². The van der Waals surface area contributed by atoms with Crippen LogP contribution in [0.15, 0.2) is 36.7 Å². The summed E-state index contributed by atoms with van der Waals surface area (Å²) in [5, 5.41) is 5.63. The smallest absolute Gasteiger partial charge is 0.271 e. The van der Waals surface area contributed by atoms with Gasteiger partial charge in [0.05, 0.1) is 12.4 Å². The largest absolute Gasteiger partial charge is 0.347 e. The van der Waals surface area contributed by atoms with Crippen LogP contribution >= 0.6 is 11.6 Å². The quantitative estimate of drug-likeness (QED) is 0.905. The second-order valence-corrected chi connectivity index (χ2v) is 4.67. The number of halogens is 1. The molecule has 0 spiro atoms. The maximum absolute atomic E-state index is 11.8. The minimum Gasteiger partial charge on any atom is -0.347 e. The maximum Gasteiger partial charge on any atom is 0.271 e. The Morgan fingerprint density at radius 3 is 2.43 bits per heavy atom. The Hall–Kier alpha value is -2.47. The van der Waals surface area contributed by atoms with Crippen molar-refractivity contribution in [1.29, 1.82) is 0 Å². The van der Waals surface area contributed by atoms with Gasteiger partial charge in [-0.2, -0.15) is 0 Å². The third kappa shape index (κ3) is 4.54. The van der Waals surface area contributed by atoms with Gasteiger partial charge in [-0.15, -0.1) is 0 Å². The highest BCUT2D eigenvalue weighted by atomic mass is 35.5. The fourth-order valence-corrected chi connectivity index (χ4v) is 1.71. The summed E-state index contributed by atoms with van der Waals surface area (Å²) in [6, 6.07) is 7.17. The fraction of sp³-hybridized carbons (Fsp3) is 0.143. The number of rotatable bonds is 4.